The van der Waals surface area contributed by atoms with Crippen LogP contribution >= 0.6 is 0 Å². The van der Waals surface area contributed by atoms with Crippen molar-refractivity contribution in [2.45, 2.75) is 102 Å². The van der Waals surface area contributed by atoms with E-state index in [1.807, 2.05) is 4.41 Å². The van der Waals surface area contributed by atoms with Crippen LogP contribution in [0.15, 0.2) is 10.1 Å². The van der Waals surface area contributed by atoms with Crippen LogP contribution in [-0.2, 0) is 0 Å². The van der Waals surface area contributed by atoms with Crippen LogP contribution in [0.2, 0.25) is 36.9 Å². The first-order valence-corrected chi connectivity index (χ1v) is 19.8. The van der Waals surface area contributed by atoms with E-state index in [1.54, 1.807) is 0 Å². The van der Waals surface area contributed by atoms with Gasteiger partial charge in [0.2, 0.25) is 0 Å². The summed E-state index contributed by atoms with van der Waals surface area (Å²) in [6, 6.07) is 0. The molecule has 0 spiro atoms. The summed E-state index contributed by atoms with van der Waals surface area (Å²) < 4.78 is 1.90. The van der Waals surface area contributed by atoms with E-state index in [-0.39, 0.29) is 0 Å². The molecule has 0 saturated carbocycles. The minimum atomic E-state index is -1.59. The van der Waals surface area contributed by atoms with Gasteiger partial charge in [-0.2, -0.15) is 0 Å². The maximum absolute atomic E-state index is 2.73. The molecule has 0 unspecified atom stereocenters. The summed E-state index contributed by atoms with van der Waals surface area (Å²) in [7, 11) is -1.04. The van der Waals surface area contributed by atoms with E-state index in [9.17, 15) is 0 Å². The molecule has 0 bridgehead atoms. The van der Waals surface area contributed by atoms with Gasteiger partial charge < -0.3 is 0 Å². The third kappa shape index (κ3) is 12.3. The van der Waals surface area contributed by atoms with Crippen LogP contribution in [0.3, 0.4) is 0 Å². The Hall–Kier alpha value is 0.500. The van der Waals surface area contributed by atoms with Crippen molar-refractivity contribution in [3.8, 4) is 0 Å². The Morgan fingerprint density at radius 2 is 1.25 bits per heavy atom. The molecular weight excluding hydrogens is 317 g/mol. The van der Waals surface area contributed by atoms with Gasteiger partial charge in [0.25, 0.3) is 0 Å². The van der Waals surface area contributed by atoms with Crippen LogP contribution in [0, 0.1) is 0 Å². The van der Waals surface area contributed by atoms with Gasteiger partial charge >= 0.3 is 133 Å². The Morgan fingerprint density at radius 3 is 1.65 bits per heavy atom. The summed E-state index contributed by atoms with van der Waals surface area (Å²) in [5.74, 6) is 7.70. The first-order valence-electron chi connectivity index (χ1n) is 8.89. The fourth-order valence-electron chi connectivity index (χ4n) is 2.64. The van der Waals surface area contributed by atoms with Crippen LogP contribution in [0.25, 0.3) is 0 Å². The topological polar surface area (TPSA) is 0 Å². The zero-order valence-electron chi connectivity index (χ0n) is 15.4. The SMILES string of the molecule is CCCCCCCCCC/[C](=C\[Si](C)(C)C)[Ge]([CH3])([CH3])[CH3]. The van der Waals surface area contributed by atoms with Crippen molar-refractivity contribution in [3.63, 3.8) is 0 Å². The first-order chi connectivity index (χ1) is 9.17. The van der Waals surface area contributed by atoms with Gasteiger partial charge in [-0.1, -0.05) is 0 Å². The van der Waals surface area contributed by atoms with E-state index in [4.69, 9.17) is 0 Å². The van der Waals surface area contributed by atoms with Crippen LogP contribution in [0.4, 0.5) is 0 Å². The van der Waals surface area contributed by atoms with Gasteiger partial charge in [-0.05, 0) is 0 Å². The van der Waals surface area contributed by atoms with Crippen LogP contribution in [-0.4, -0.2) is 21.3 Å². The Balaban J connectivity index is 3.97. The molecule has 0 fully saturated rings. The van der Waals surface area contributed by atoms with Crippen LogP contribution in [0.5, 0.6) is 0 Å². The molecule has 0 saturated heterocycles. The summed E-state index contributed by atoms with van der Waals surface area (Å²) in [5, 5.41) is 0. The fourth-order valence-corrected chi connectivity index (χ4v) is 11.7. The van der Waals surface area contributed by atoms with Gasteiger partial charge in [0.05, 0.1) is 0 Å². The predicted octanol–water partition coefficient (Wildman–Crippen LogP) is 7.20. The van der Waals surface area contributed by atoms with Crippen LogP contribution < -0.4 is 0 Å². The zero-order valence-corrected chi connectivity index (χ0v) is 18.5. The summed E-state index contributed by atoms with van der Waals surface area (Å²) >= 11 is -1.59. The van der Waals surface area contributed by atoms with E-state index in [0.717, 1.165) is 0 Å². The molecule has 0 N–H and O–H groups in total. The van der Waals surface area contributed by atoms with E-state index < -0.39 is 21.3 Å². The second kappa shape index (κ2) is 10.3. The second-order valence-electron chi connectivity index (χ2n) is 8.51. The zero-order chi connectivity index (χ0) is 15.6. The normalized spacial score (nSPS) is 13.8. The average Bonchev–Trinajstić information content (AvgIpc) is 2.28. The average molecular weight is 357 g/mol. The Bertz CT molecular complexity index is 268. The number of hydrogen-bond acceptors (Lipinski definition) is 0. The molecule has 0 radical (unpaired) electrons. The summed E-state index contributed by atoms with van der Waals surface area (Å²) in [5.41, 5.74) is 2.73. The molecule has 0 aromatic rings. The third-order valence-electron chi connectivity index (χ3n) is 3.87. The van der Waals surface area contributed by atoms with Crippen molar-refractivity contribution < 1.29 is 0 Å². The van der Waals surface area contributed by atoms with Gasteiger partial charge in [-0.25, -0.2) is 0 Å². The van der Waals surface area contributed by atoms with Crippen molar-refractivity contribution in [2.24, 2.45) is 0 Å². The van der Waals surface area contributed by atoms with E-state index in [1.165, 1.54) is 57.8 Å². The van der Waals surface area contributed by atoms with Gasteiger partial charge in [0, 0.05) is 0 Å². The van der Waals surface area contributed by atoms with Crippen molar-refractivity contribution in [1.29, 1.82) is 0 Å². The van der Waals surface area contributed by atoms with Gasteiger partial charge in [0.1, 0.15) is 0 Å². The molecule has 20 heavy (non-hydrogen) atoms. The maximum atomic E-state index is 2.73. The summed E-state index contributed by atoms with van der Waals surface area (Å²) in [6.45, 7) is 9.74. The summed E-state index contributed by atoms with van der Waals surface area (Å²) in [6.07, 6.45) is 12.9. The molecular formula is C18H40GeSi. The molecule has 0 aromatic heterocycles. The molecule has 0 aliphatic rings. The minimum absolute atomic E-state index is 1.04. The molecule has 0 heterocycles. The van der Waals surface area contributed by atoms with Gasteiger partial charge in [-0.3, -0.25) is 0 Å². The molecule has 0 nitrogen and oxygen atoms in total. The fraction of sp³-hybridized carbons (Fsp3) is 0.889. The molecule has 0 atom stereocenters. The van der Waals surface area contributed by atoms with Gasteiger partial charge in [0.15, 0.2) is 0 Å². The molecule has 120 valence electrons. The van der Waals surface area contributed by atoms with Crippen molar-refractivity contribution in [2.75, 3.05) is 0 Å². The number of unbranched alkanes of at least 4 members (excludes halogenated alkanes) is 7. The van der Waals surface area contributed by atoms with Crippen molar-refractivity contribution >= 4 is 21.3 Å². The number of rotatable bonds is 11. The van der Waals surface area contributed by atoms with Crippen LogP contribution in [0.1, 0.15) is 64.7 Å². The number of hydrogen-bond donors (Lipinski definition) is 0. The standard InChI is InChI=1S/C18H40GeSi/c1-8-9-10-11-12-13-14-15-16-18(19(2,3)4)17-20(5,6)7/h17H,8-16H2,1-7H3/b18-17+. The molecule has 0 aliphatic carbocycles. The van der Waals surface area contributed by atoms with E-state index in [2.05, 4.69) is 49.5 Å². The third-order valence-corrected chi connectivity index (χ3v) is 10.6. The van der Waals surface area contributed by atoms with Crippen molar-refractivity contribution in [1.82, 2.24) is 0 Å². The molecule has 0 amide bonds. The van der Waals surface area contributed by atoms with E-state index >= 15 is 0 Å². The Kier molecular flexibility index (Phi) is 10.5. The Labute approximate surface area is 133 Å². The molecule has 0 aliphatic heterocycles. The first kappa shape index (κ1) is 20.5. The molecule has 0 aromatic carbocycles. The summed E-state index contributed by atoms with van der Waals surface area (Å²) in [4.78, 5) is 0. The second-order valence-corrected chi connectivity index (χ2v) is 24.3. The van der Waals surface area contributed by atoms with E-state index in [0.29, 0.717) is 0 Å². The van der Waals surface area contributed by atoms with Gasteiger partial charge in [-0.15, -0.1) is 0 Å². The number of allylic oxidation sites excluding steroid dienone is 1. The molecule has 0 rings (SSSR count). The molecule has 2 heteroatoms. The monoisotopic (exact) mass is 358 g/mol. The predicted molar refractivity (Wildman–Crippen MR) is 102 cm³/mol. The quantitative estimate of drug-likeness (QED) is 0.271. The van der Waals surface area contributed by atoms with Crippen molar-refractivity contribution in [3.05, 3.63) is 10.1 Å². The Morgan fingerprint density at radius 1 is 0.800 bits per heavy atom.